The SMILES string of the molecule is Cc1ncc(S(=O)(=O)Nc2c(Cl)cc(Cl)cc2C(=O)O)[nH]1. The lowest BCUT2D eigenvalue weighted by Crippen LogP contribution is -2.16. The number of H-pyrrole nitrogens is 1. The summed E-state index contributed by atoms with van der Waals surface area (Å²) in [6.45, 7) is 1.58. The predicted octanol–water partition coefficient (Wildman–Crippen LogP) is 2.52. The summed E-state index contributed by atoms with van der Waals surface area (Å²) < 4.78 is 26.4. The van der Waals surface area contributed by atoms with E-state index in [1.807, 2.05) is 0 Å². The number of benzene rings is 1. The van der Waals surface area contributed by atoms with E-state index in [2.05, 4.69) is 14.7 Å². The topological polar surface area (TPSA) is 112 Å². The summed E-state index contributed by atoms with van der Waals surface area (Å²) in [6, 6.07) is 2.34. The van der Waals surface area contributed by atoms with E-state index in [4.69, 9.17) is 28.3 Å². The predicted molar refractivity (Wildman–Crippen MR) is 77.6 cm³/mol. The van der Waals surface area contributed by atoms with Crippen molar-refractivity contribution >= 4 is 44.9 Å². The van der Waals surface area contributed by atoms with Gasteiger partial charge in [0.2, 0.25) is 0 Å². The van der Waals surface area contributed by atoms with Crippen molar-refractivity contribution in [1.82, 2.24) is 9.97 Å². The fourth-order valence-electron chi connectivity index (χ4n) is 1.57. The first-order valence-electron chi connectivity index (χ1n) is 5.47. The smallest absolute Gasteiger partial charge is 0.337 e. The van der Waals surface area contributed by atoms with Gasteiger partial charge in [-0.05, 0) is 19.1 Å². The van der Waals surface area contributed by atoms with E-state index in [-0.39, 0.29) is 26.3 Å². The van der Waals surface area contributed by atoms with E-state index in [1.165, 1.54) is 6.07 Å². The van der Waals surface area contributed by atoms with Crippen molar-refractivity contribution in [2.24, 2.45) is 0 Å². The summed E-state index contributed by atoms with van der Waals surface area (Å²) >= 11 is 11.6. The molecule has 0 radical (unpaired) electrons. The standard InChI is InChI=1S/C11H9Cl2N3O4S/c1-5-14-4-9(15-5)21(19,20)16-10-7(11(17)18)2-6(12)3-8(10)13/h2-4,16H,1H3,(H,14,15)(H,17,18). The molecule has 0 saturated carbocycles. The van der Waals surface area contributed by atoms with Gasteiger partial charge in [-0.15, -0.1) is 0 Å². The number of carbonyl (C=O) groups is 1. The maximum Gasteiger partial charge on any atom is 0.337 e. The summed E-state index contributed by atoms with van der Waals surface area (Å²) in [6.07, 6.45) is 1.11. The number of hydrogen-bond acceptors (Lipinski definition) is 4. The Labute approximate surface area is 130 Å². The van der Waals surface area contributed by atoms with Crippen molar-refractivity contribution in [3.63, 3.8) is 0 Å². The van der Waals surface area contributed by atoms with Crippen molar-refractivity contribution in [3.8, 4) is 0 Å². The van der Waals surface area contributed by atoms with Crippen LogP contribution in [-0.4, -0.2) is 29.5 Å². The van der Waals surface area contributed by atoms with Crippen LogP contribution in [0.25, 0.3) is 0 Å². The molecule has 0 aliphatic rings. The molecule has 10 heteroatoms. The van der Waals surface area contributed by atoms with E-state index in [1.54, 1.807) is 6.92 Å². The van der Waals surface area contributed by atoms with Crippen LogP contribution in [0.15, 0.2) is 23.4 Å². The first-order valence-corrected chi connectivity index (χ1v) is 7.71. The van der Waals surface area contributed by atoms with Gasteiger partial charge in [-0.25, -0.2) is 9.78 Å². The molecular formula is C11H9Cl2N3O4S. The zero-order chi connectivity index (χ0) is 15.8. The third kappa shape index (κ3) is 3.29. The Kier molecular flexibility index (Phi) is 4.13. The number of carboxylic acid groups (broad SMARTS) is 1. The summed E-state index contributed by atoms with van der Waals surface area (Å²) in [5, 5.41) is 8.86. The second-order valence-corrected chi connectivity index (χ2v) is 6.55. The van der Waals surface area contributed by atoms with Gasteiger partial charge in [0.25, 0.3) is 10.0 Å². The quantitative estimate of drug-likeness (QED) is 0.784. The lowest BCUT2D eigenvalue weighted by molar-refractivity contribution is 0.0698. The number of aromatic nitrogens is 2. The largest absolute Gasteiger partial charge is 0.478 e. The zero-order valence-electron chi connectivity index (χ0n) is 10.5. The maximum atomic E-state index is 12.2. The number of aromatic amines is 1. The van der Waals surface area contributed by atoms with Gasteiger partial charge in [0, 0.05) is 5.02 Å². The van der Waals surface area contributed by atoms with Gasteiger partial charge in [-0.2, -0.15) is 8.42 Å². The van der Waals surface area contributed by atoms with Gasteiger partial charge in [-0.3, -0.25) is 4.72 Å². The molecule has 0 fully saturated rings. The van der Waals surface area contributed by atoms with Crippen LogP contribution in [0.5, 0.6) is 0 Å². The molecule has 1 aromatic heterocycles. The number of nitrogens with zero attached hydrogens (tertiary/aromatic N) is 1. The summed E-state index contributed by atoms with van der Waals surface area (Å²) in [5.41, 5.74) is -0.617. The number of carboxylic acids is 1. The number of anilines is 1. The van der Waals surface area contributed by atoms with Crippen molar-refractivity contribution < 1.29 is 18.3 Å². The first kappa shape index (κ1) is 15.6. The molecule has 0 amide bonds. The second-order valence-electron chi connectivity index (χ2n) is 4.05. The van der Waals surface area contributed by atoms with Crippen molar-refractivity contribution in [1.29, 1.82) is 0 Å². The van der Waals surface area contributed by atoms with Gasteiger partial charge >= 0.3 is 5.97 Å². The maximum absolute atomic E-state index is 12.2. The summed E-state index contributed by atoms with van der Waals surface area (Å²) in [4.78, 5) is 17.5. The number of nitrogens with one attached hydrogen (secondary N) is 2. The molecule has 21 heavy (non-hydrogen) atoms. The number of aryl methyl sites for hydroxylation is 1. The molecule has 0 aliphatic carbocycles. The highest BCUT2D eigenvalue weighted by Crippen LogP contribution is 2.31. The molecule has 112 valence electrons. The Morgan fingerprint density at radius 3 is 2.57 bits per heavy atom. The Bertz CT molecular complexity index is 817. The normalized spacial score (nSPS) is 11.4. The van der Waals surface area contributed by atoms with Gasteiger partial charge in [0.1, 0.15) is 5.82 Å². The number of hydrogen-bond donors (Lipinski definition) is 3. The highest BCUT2D eigenvalue weighted by atomic mass is 35.5. The van der Waals surface area contributed by atoms with Crippen molar-refractivity contribution in [2.45, 2.75) is 11.9 Å². The Morgan fingerprint density at radius 1 is 1.38 bits per heavy atom. The Balaban J connectivity index is 2.51. The molecule has 0 saturated heterocycles. The third-order valence-corrected chi connectivity index (χ3v) is 4.27. The molecule has 0 aliphatic heterocycles. The fraction of sp³-hybridized carbons (Fsp3) is 0.0909. The second kappa shape index (κ2) is 5.55. The summed E-state index contributed by atoms with van der Waals surface area (Å²) in [5.74, 6) is -0.964. The minimum absolute atomic E-state index is 0.0812. The third-order valence-electron chi connectivity index (χ3n) is 2.49. The molecule has 0 bridgehead atoms. The van der Waals surface area contributed by atoms with Crippen LogP contribution < -0.4 is 4.72 Å². The molecule has 2 aromatic rings. The molecule has 0 atom stereocenters. The van der Waals surface area contributed by atoms with Gasteiger partial charge < -0.3 is 10.1 Å². The molecule has 7 nitrogen and oxygen atoms in total. The van der Waals surface area contributed by atoms with E-state index in [0.717, 1.165) is 12.3 Å². The molecule has 1 aromatic carbocycles. The number of imidazole rings is 1. The van der Waals surface area contributed by atoms with Crippen LogP contribution in [0.3, 0.4) is 0 Å². The molecule has 0 spiro atoms. The van der Waals surface area contributed by atoms with Crippen LogP contribution in [-0.2, 0) is 10.0 Å². The lowest BCUT2D eigenvalue weighted by Gasteiger charge is -2.11. The van der Waals surface area contributed by atoms with Crippen molar-refractivity contribution in [3.05, 3.63) is 39.8 Å². The van der Waals surface area contributed by atoms with Gasteiger partial charge in [0.15, 0.2) is 5.03 Å². The first-order chi connectivity index (χ1) is 9.70. The van der Waals surface area contributed by atoms with Gasteiger partial charge in [0.05, 0.1) is 22.5 Å². The highest BCUT2D eigenvalue weighted by molar-refractivity contribution is 7.92. The van der Waals surface area contributed by atoms with Crippen LogP contribution in [0.2, 0.25) is 10.0 Å². The van der Waals surface area contributed by atoms with Gasteiger partial charge in [-0.1, -0.05) is 23.2 Å². The minimum Gasteiger partial charge on any atom is -0.478 e. The molecule has 2 rings (SSSR count). The summed E-state index contributed by atoms with van der Waals surface area (Å²) in [7, 11) is -4.04. The van der Waals surface area contributed by atoms with E-state index < -0.39 is 16.0 Å². The fourth-order valence-corrected chi connectivity index (χ4v) is 3.24. The Morgan fingerprint density at radius 2 is 2.05 bits per heavy atom. The molecule has 1 heterocycles. The minimum atomic E-state index is -4.04. The lowest BCUT2D eigenvalue weighted by atomic mass is 10.2. The highest BCUT2D eigenvalue weighted by Gasteiger charge is 2.23. The molecule has 0 unspecified atom stereocenters. The van der Waals surface area contributed by atoms with E-state index >= 15 is 0 Å². The van der Waals surface area contributed by atoms with Crippen LogP contribution in [0.4, 0.5) is 5.69 Å². The van der Waals surface area contributed by atoms with Crippen LogP contribution in [0.1, 0.15) is 16.2 Å². The number of rotatable bonds is 4. The number of halogens is 2. The van der Waals surface area contributed by atoms with Crippen molar-refractivity contribution in [2.75, 3.05) is 4.72 Å². The average molecular weight is 350 g/mol. The monoisotopic (exact) mass is 349 g/mol. The van der Waals surface area contributed by atoms with Crippen LogP contribution >= 0.6 is 23.2 Å². The molecular weight excluding hydrogens is 341 g/mol. The van der Waals surface area contributed by atoms with Crippen LogP contribution in [0, 0.1) is 6.92 Å². The zero-order valence-corrected chi connectivity index (χ0v) is 12.8. The molecule has 3 N–H and O–H groups in total. The van der Waals surface area contributed by atoms with E-state index in [0.29, 0.717) is 5.82 Å². The van der Waals surface area contributed by atoms with E-state index in [9.17, 15) is 13.2 Å². The average Bonchev–Trinajstić information content (AvgIpc) is 2.79. The number of aromatic carboxylic acids is 1. The number of sulfonamides is 1. The Hall–Kier alpha value is -1.77.